The normalized spacial score (nSPS) is 20.2. The predicted octanol–water partition coefficient (Wildman–Crippen LogP) is 5.26. The third-order valence-corrected chi connectivity index (χ3v) is 6.11. The number of aromatic nitrogens is 2. The van der Waals surface area contributed by atoms with Gasteiger partial charge in [0.15, 0.2) is 0 Å². The Balaban J connectivity index is 1.47. The van der Waals surface area contributed by atoms with E-state index in [-0.39, 0.29) is 17.7 Å². The molecule has 5 heteroatoms. The van der Waals surface area contributed by atoms with Crippen LogP contribution in [0.2, 0.25) is 0 Å². The highest BCUT2D eigenvalue weighted by Gasteiger charge is 2.26. The summed E-state index contributed by atoms with van der Waals surface area (Å²) in [6, 6.07) is 9.62. The van der Waals surface area contributed by atoms with Crippen LogP contribution < -0.4 is 5.56 Å². The minimum Gasteiger partial charge on any atom is -0.294 e. The molecule has 2 aliphatic carbocycles. The predicted molar refractivity (Wildman–Crippen MR) is 114 cm³/mol. The van der Waals surface area contributed by atoms with E-state index in [0.717, 1.165) is 12.0 Å². The Bertz CT molecular complexity index is 1290. The summed E-state index contributed by atoms with van der Waals surface area (Å²) >= 11 is 0. The number of allylic oxidation sites excluding steroid dienone is 6. The summed E-state index contributed by atoms with van der Waals surface area (Å²) in [5, 5.41) is 0.421. The van der Waals surface area contributed by atoms with Crippen LogP contribution in [0.3, 0.4) is 0 Å². The smallest absolute Gasteiger partial charge is 0.261 e. The maximum Gasteiger partial charge on any atom is 0.261 e. The number of rotatable bonds is 3. The molecule has 2 aliphatic rings. The number of fused-ring (bicyclic) bond motifs is 2. The van der Waals surface area contributed by atoms with E-state index in [2.05, 4.69) is 30.1 Å². The molecule has 0 aliphatic heterocycles. The zero-order valence-electron chi connectivity index (χ0n) is 16.5. The van der Waals surface area contributed by atoms with Crippen LogP contribution in [-0.2, 0) is 6.54 Å². The Kier molecular flexibility index (Phi) is 4.46. The first-order chi connectivity index (χ1) is 14.5. The molecule has 0 amide bonds. The maximum atomic E-state index is 14.9. The molecule has 30 heavy (non-hydrogen) atoms. The average Bonchev–Trinajstić information content (AvgIpc) is 3.12. The SMILES string of the molecule is CC1=CCC2C=C(c3cc(F)c(Cn4cnc5ccccc5c4=O)c(F)c3)C=CC12. The maximum absolute atomic E-state index is 14.9. The molecule has 0 spiro atoms. The molecule has 0 fully saturated rings. The number of halogens is 2. The lowest BCUT2D eigenvalue weighted by Gasteiger charge is -2.21. The van der Waals surface area contributed by atoms with E-state index in [1.807, 2.05) is 6.08 Å². The summed E-state index contributed by atoms with van der Waals surface area (Å²) in [6.45, 7) is 1.91. The van der Waals surface area contributed by atoms with Crippen molar-refractivity contribution in [3.8, 4) is 0 Å². The van der Waals surface area contributed by atoms with Gasteiger partial charge in [0.1, 0.15) is 11.6 Å². The molecule has 2 unspecified atom stereocenters. The first kappa shape index (κ1) is 18.7. The molecule has 3 nitrogen and oxygen atoms in total. The first-order valence-corrected chi connectivity index (χ1v) is 10.0. The largest absolute Gasteiger partial charge is 0.294 e. The third kappa shape index (κ3) is 3.11. The molecule has 5 rings (SSSR count). The van der Waals surface area contributed by atoms with Crippen molar-refractivity contribution in [3.05, 3.63) is 106 Å². The highest BCUT2D eigenvalue weighted by atomic mass is 19.1. The standard InChI is InChI=1S/C25H20F2N2O/c1-15-6-7-17-10-16(8-9-19(15)17)18-11-22(26)21(23(27)12-18)13-29-14-28-24-5-3-2-4-20(24)25(29)30/h2-6,8-12,14,17,19H,7,13H2,1H3. The fraction of sp³-hybridized carbons (Fsp3) is 0.200. The van der Waals surface area contributed by atoms with Crippen LogP contribution in [0.1, 0.15) is 24.5 Å². The fourth-order valence-corrected chi connectivity index (χ4v) is 4.40. The van der Waals surface area contributed by atoms with Crippen LogP contribution in [0.5, 0.6) is 0 Å². The number of hydrogen-bond donors (Lipinski definition) is 0. The van der Waals surface area contributed by atoms with Crippen molar-refractivity contribution in [2.24, 2.45) is 11.8 Å². The first-order valence-electron chi connectivity index (χ1n) is 10.0. The second-order valence-electron chi connectivity index (χ2n) is 7.97. The average molecular weight is 402 g/mol. The van der Waals surface area contributed by atoms with E-state index in [4.69, 9.17) is 0 Å². The topological polar surface area (TPSA) is 34.9 Å². The second kappa shape index (κ2) is 7.17. The van der Waals surface area contributed by atoms with Crippen molar-refractivity contribution in [3.63, 3.8) is 0 Å². The summed E-state index contributed by atoms with van der Waals surface area (Å²) in [6.07, 6.45) is 10.7. The van der Waals surface area contributed by atoms with E-state index in [1.165, 1.54) is 28.6 Å². The lowest BCUT2D eigenvalue weighted by Crippen LogP contribution is -2.22. The second-order valence-corrected chi connectivity index (χ2v) is 7.97. The molecule has 0 radical (unpaired) electrons. The van der Waals surface area contributed by atoms with Crippen LogP contribution in [0.4, 0.5) is 8.78 Å². The summed E-state index contributed by atoms with van der Waals surface area (Å²) in [4.78, 5) is 16.9. The van der Waals surface area contributed by atoms with Crippen molar-refractivity contribution in [2.45, 2.75) is 19.9 Å². The summed E-state index contributed by atoms with van der Waals surface area (Å²) in [5.41, 5.74) is 2.77. The molecular weight excluding hydrogens is 382 g/mol. The van der Waals surface area contributed by atoms with Crippen LogP contribution >= 0.6 is 0 Å². The van der Waals surface area contributed by atoms with Gasteiger partial charge in [-0.2, -0.15) is 0 Å². The highest BCUT2D eigenvalue weighted by molar-refractivity contribution is 5.77. The van der Waals surface area contributed by atoms with Gasteiger partial charge in [-0.1, -0.05) is 42.0 Å². The van der Waals surface area contributed by atoms with Crippen molar-refractivity contribution >= 4 is 16.5 Å². The Morgan fingerprint density at radius 2 is 1.93 bits per heavy atom. The van der Waals surface area contributed by atoms with E-state index in [0.29, 0.717) is 28.3 Å². The molecular formula is C25H20F2N2O. The number of benzene rings is 2. The van der Waals surface area contributed by atoms with E-state index in [9.17, 15) is 13.6 Å². The monoisotopic (exact) mass is 402 g/mol. The van der Waals surface area contributed by atoms with Gasteiger partial charge in [-0.25, -0.2) is 13.8 Å². The Hall–Kier alpha value is -3.34. The molecule has 2 aromatic carbocycles. The number of hydrogen-bond acceptors (Lipinski definition) is 2. The van der Waals surface area contributed by atoms with Crippen LogP contribution in [0, 0.1) is 23.5 Å². The van der Waals surface area contributed by atoms with E-state index < -0.39 is 11.6 Å². The Labute approximate surface area is 172 Å². The van der Waals surface area contributed by atoms with Gasteiger partial charge in [0.25, 0.3) is 5.56 Å². The van der Waals surface area contributed by atoms with Gasteiger partial charge in [-0.05, 0) is 54.7 Å². The molecule has 3 aromatic rings. The van der Waals surface area contributed by atoms with Gasteiger partial charge in [-0.15, -0.1) is 0 Å². The number of para-hydroxylation sites is 1. The quantitative estimate of drug-likeness (QED) is 0.560. The van der Waals surface area contributed by atoms with Gasteiger partial charge >= 0.3 is 0 Å². The van der Waals surface area contributed by atoms with Crippen LogP contribution in [0.25, 0.3) is 16.5 Å². The molecule has 0 saturated heterocycles. The fourth-order valence-electron chi connectivity index (χ4n) is 4.40. The molecule has 1 aromatic heterocycles. The molecule has 150 valence electrons. The Morgan fingerprint density at radius 3 is 2.73 bits per heavy atom. The van der Waals surface area contributed by atoms with Crippen molar-refractivity contribution in [1.82, 2.24) is 9.55 Å². The molecule has 0 saturated carbocycles. The molecule has 2 atom stereocenters. The van der Waals surface area contributed by atoms with Gasteiger partial charge < -0.3 is 0 Å². The van der Waals surface area contributed by atoms with E-state index >= 15 is 0 Å². The van der Waals surface area contributed by atoms with Crippen LogP contribution in [-0.4, -0.2) is 9.55 Å². The summed E-state index contributed by atoms with van der Waals surface area (Å²) in [5.74, 6) is -0.600. The zero-order valence-corrected chi connectivity index (χ0v) is 16.5. The molecule has 0 N–H and O–H groups in total. The summed E-state index contributed by atoms with van der Waals surface area (Å²) < 4.78 is 31.0. The Morgan fingerprint density at radius 1 is 1.17 bits per heavy atom. The van der Waals surface area contributed by atoms with Gasteiger partial charge in [-0.3, -0.25) is 9.36 Å². The lowest BCUT2D eigenvalue weighted by molar-refractivity contribution is 0.540. The lowest BCUT2D eigenvalue weighted by atomic mass is 9.83. The van der Waals surface area contributed by atoms with E-state index in [1.54, 1.807) is 24.3 Å². The minimum atomic E-state index is -0.665. The summed E-state index contributed by atoms with van der Waals surface area (Å²) in [7, 11) is 0. The number of nitrogens with zero attached hydrogens (tertiary/aromatic N) is 2. The van der Waals surface area contributed by atoms with Crippen molar-refractivity contribution in [1.29, 1.82) is 0 Å². The zero-order chi connectivity index (χ0) is 20.8. The van der Waals surface area contributed by atoms with Gasteiger partial charge in [0.05, 0.1) is 23.8 Å². The van der Waals surface area contributed by atoms with Crippen molar-refractivity contribution < 1.29 is 8.78 Å². The van der Waals surface area contributed by atoms with Crippen LogP contribution in [0.15, 0.2) is 77.4 Å². The van der Waals surface area contributed by atoms with Gasteiger partial charge in [0, 0.05) is 11.5 Å². The molecule has 1 heterocycles. The van der Waals surface area contributed by atoms with Gasteiger partial charge in [0.2, 0.25) is 0 Å². The molecule has 0 bridgehead atoms. The minimum absolute atomic E-state index is 0.144. The highest BCUT2D eigenvalue weighted by Crippen LogP contribution is 2.39. The van der Waals surface area contributed by atoms with Crippen molar-refractivity contribution in [2.75, 3.05) is 0 Å². The third-order valence-electron chi connectivity index (χ3n) is 6.11.